The van der Waals surface area contributed by atoms with Crippen LogP contribution < -0.4 is 0 Å². The Morgan fingerprint density at radius 3 is 2.33 bits per heavy atom. The fraction of sp³-hybridized carbons (Fsp3) is 0.500. The molecular weight excluding hydrogens is 212 g/mol. The number of hydrogen-bond acceptors (Lipinski definition) is 2. The number of halogens is 1. The van der Waals surface area contributed by atoms with Crippen LogP contribution in [0.3, 0.4) is 0 Å². The van der Waals surface area contributed by atoms with Gasteiger partial charge in [0.1, 0.15) is 0 Å². The summed E-state index contributed by atoms with van der Waals surface area (Å²) in [6, 6.07) is 7.99. The Morgan fingerprint density at radius 1 is 1.00 bits per heavy atom. The number of aryl methyl sites for hydroxylation is 1. The van der Waals surface area contributed by atoms with Gasteiger partial charge in [-0.25, -0.2) is 4.89 Å². The molecule has 84 valence electrons. The Labute approximate surface area is 95.8 Å². The van der Waals surface area contributed by atoms with Crippen molar-refractivity contribution in [1.29, 1.82) is 0 Å². The zero-order chi connectivity index (χ0) is 10.9. The van der Waals surface area contributed by atoms with E-state index in [2.05, 4.69) is 17.0 Å². The molecule has 0 heterocycles. The first-order chi connectivity index (χ1) is 7.33. The van der Waals surface area contributed by atoms with Crippen LogP contribution in [0.2, 0.25) is 5.02 Å². The fourth-order valence-electron chi connectivity index (χ4n) is 1.50. The lowest BCUT2D eigenvalue weighted by Gasteiger charge is -2.01. The minimum absolute atomic E-state index is 0.445. The number of rotatable bonds is 7. The molecule has 1 N–H and O–H groups in total. The van der Waals surface area contributed by atoms with Gasteiger partial charge in [0.15, 0.2) is 0 Å². The molecule has 3 heteroatoms. The van der Waals surface area contributed by atoms with E-state index in [1.54, 1.807) is 0 Å². The zero-order valence-electron chi connectivity index (χ0n) is 8.79. The minimum Gasteiger partial charge on any atom is -0.252 e. The molecule has 0 amide bonds. The van der Waals surface area contributed by atoms with Gasteiger partial charge in [-0.05, 0) is 37.0 Å². The molecule has 0 aliphatic carbocycles. The molecule has 0 fully saturated rings. The summed E-state index contributed by atoms with van der Waals surface area (Å²) in [5.41, 5.74) is 1.33. The highest BCUT2D eigenvalue weighted by Crippen LogP contribution is 2.12. The number of unbranched alkanes of at least 4 members (excludes halogenated alkanes) is 3. The lowest BCUT2D eigenvalue weighted by Crippen LogP contribution is -1.90. The van der Waals surface area contributed by atoms with E-state index in [-0.39, 0.29) is 0 Å². The second-order valence-corrected chi connectivity index (χ2v) is 4.06. The lowest BCUT2D eigenvalue weighted by molar-refractivity contribution is -0.242. The monoisotopic (exact) mass is 228 g/mol. The molecule has 0 aliphatic rings. The summed E-state index contributed by atoms with van der Waals surface area (Å²) in [5, 5.41) is 8.90. The summed E-state index contributed by atoms with van der Waals surface area (Å²) >= 11 is 5.79. The van der Waals surface area contributed by atoms with Crippen molar-refractivity contribution in [3.05, 3.63) is 34.9 Å². The maximum atomic E-state index is 8.11. The summed E-state index contributed by atoms with van der Waals surface area (Å²) in [7, 11) is 0. The Hall–Kier alpha value is -0.570. The van der Waals surface area contributed by atoms with Gasteiger partial charge in [-0.1, -0.05) is 36.6 Å². The maximum absolute atomic E-state index is 8.11. The van der Waals surface area contributed by atoms with Crippen molar-refractivity contribution in [3.63, 3.8) is 0 Å². The third-order valence-electron chi connectivity index (χ3n) is 2.36. The van der Waals surface area contributed by atoms with Gasteiger partial charge < -0.3 is 0 Å². The first-order valence-electron chi connectivity index (χ1n) is 5.34. The Morgan fingerprint density at radius 2 is 1.67 bits per heavy atom. The molecule has 0 atom stereocenters. The first kappa shape index (κ1) is 12.5. The van der Waals surface area contributed by atoms with Gasteiger partial charge in [-0.15, -0.1) is 0 Å². The second-order valence-electron chi connectivity index (χ2n) is 3.62. The molecule has 0 saturated heterocycles. The van der Waals surface area contributed by atoms with Gasteiger partial charge in [0.2, 0.25) is 0 Å². The van der Waals surface area contributed by atoms with E-state index >= 15 is 0 Å². The molecule has 0 bridgehead atoms. The van der Waals surface area contributed by atoms with E-state index in [0.717, 1.165) is 24.3 Å². The molecule has 2 nitrogen and oxygen atoms in total. The average Bonchev–Trinajstić information content (AvgIpc) is 2.26. The van der Waals surface area contributed by atoms with Crippen molar-refractivity contribution in [1.82, 2.24) is 0 Å². The SMILES string of the molecule is OOCCCCCCc1ccc(Cl)cc1. The summed E-state index contributed by atoms with van der Waals surface area (Å²) in [4.78, 5) is 4.01. The van der Waals surface area contributed by atoms with Gasteiger partial charge in [0.05, 0.1) is 6.61 Å². The predicted octanol–water partition coefficient (Wildman–Crippen LogP) is 3.93. The van der Waals surface area contributed by atoms with E-state index in [0.29, 0.717) is 6.61 Å². The molecule has 0 aliphatic heterocycles. The Balaban J connectivity index is 2.07. The summed E-state index contributed by atoms with van der Waals surface area (Å²) in [6.07, 6.45) is 5.47. The Kier molecular flexibility index (Phi) is 6.41. The van der Waals surface area contributed by atoms with Crippen molar-refractivity contribution < 1.29 is 10.1 Å². The fourth-order valence-corrected chi connectivity index (χ4v) is 1.63. The van der Waals surface area contributed by atoms with E-state index in [1.807, 2.05) is 12.1 Å². The highest BCUT2D eigenvalue weighted by Gasteiger charge is 1.94. The van der Waals surface area contributed by atoms with Gasteiger partial charge in [-0.3, -0.25) is 5.26 Å². The normalized spacial score (nSPS) is 10.5. The first-order valence-corrected chi connectivity index (χ1v) is 5.71. The van der Waals surface area contributed by atoms with Crippen molar-refractivity contribution in [2.75, 3.05) is 6.61 Å². The molecule has 15 heavy (non-hydrogen) atoms. The van der Waals surface area contributed by atoms with E-state index in [9.17, 15) is 0 Å². The molecule has 0 radical (unpaired) electrons. The highest BCUT2D eigenvalue weighted by atomic mass is 35.5. The third kappa shape index (κ3) is 5.78. The molecule has 1 rings (SSSR count). The van der Waals surface area contributed by atoms with Crippen LogP contribution >= 0.6 is 11.6 Å². The van der Waals surface area contributed by atoms with E-state index < -0.39 is 0 Å². The average molecular weight is 229 g/mol. The summed E-state index contributed by atoms with van der Waals surface area (Å²) in [6.45, 7) is 0.445. The second kappa shape index (κ2) is 7.69. The zero-order valence-corrected chi connectivity index (χ0v) is 9.54. The molecule has 0 aromatic heterocycles. The van der Waals surface area contributed by atoms with Crippen LogP contribution in [0, 0.1) is 0 Å². The van der Waals surface area contributed by atoms with Gasteiger partial charge in [0.25, 0.3) is 0 Å². The maximum Gasteiger partial charge on any atom is 0.0819 e. The van der Waals surface area contributed by atoms with Crippen molar-refractivity contribution in [3.8, 4) is 0 Å². The molecular formula is C12H17ClO2. The van der Waals surface area contributed by atoms with Gasteiger partial charge >= 0.3 is 0 Å². The van der Waals surface area contributed by atoms with Crippen molar-refractivity contribution >= 4 is 11.6 Å². The molecule has 0 unspecified atom stereocenters. The van der Waals surface area contributed by atoms with Crippen LogP contribution in [-0.4, -0.2) is 11.9 Å². The lowest BCUT2D eigenvalue weighted by atomic mass is 10.1. The smallest absolute Gasteiger partial charge is 0.0819 e. The van der Waals surface area contributed by atoms with Crippen LogP contribution in [-0.2, 0) is 11.3 Å². The molecule has 0 saturated carbocycles. The van der Waals surface area contributed by atoms with Gasteiger partial charge in [0, 0.05) is 5.02 Å². The van der Waals surface area contributed by atoms with Crippen molar-refractivity contribution in [2.24, 2.45) is 0 Å². The standard InChI is InChI=1S/C12H17ClO2/c13-12-8-6-11(7-9-12)5-3-1-2-4-10-15-14/h6-9,14H,1-5,10H2. The molecule has 1 aromatic rings. The van der Waals surface area contributed by atoms with Crippen LogP contribution in [0.25, 0.3) is 0 Å². The topological polar surface area (TPSA) is 29.5 Å². The summed E-state index contributed by atoms with van der Waals surface area (Å²) < 4.78 is 0. The minimum atomic E-state index is 0.445. The molecule has 1 aromatic carbocycles. The largest absolute Gasteiger partial charge is 0.252 e. The highest BCUT2D eigenvalue weighted by molar-refractivity contribution is 6.30. The third-order valence-corrected chi connectivity index (χ3v) is 2.62. The Bertz CT molecular complexity index is 259. The van der Waals surface area contributed by atoms with Crippen LogP contribution in [0.15, 0.2) is 24.3 Å². The molecule has 0 spiro atoms. The predicted molar refractivity (Wildman–Crippen MR) is 62.2 cm³/mol. The van der Waals surface area contributed by atoms with Crippen LogP contribution in [0.4, 0.5) is 0 Å². The number of hydrogen-bond donors (Lipinski definition) is 1. The van der Waals surface area contributed by atoms with Gasteiger partial charge in [-0.2, -0.15) is 0 Å². The van der Waals surface area contributed by atoms with Crippen molar-refractivity contribution in [2.45, 2.75) is 32.1 Å². The van der Waals surface area contributed by atoms with E-state index in [4.69, 9.17) is 16.9 Å². The summed E-state index contributed by atoms with van der Waals surface area (Å²) in [5.74, 6) is 0. The van der Waals surface area contributed by atoms with Crippen LogP contribution in [0.5, 0.6) is 0 Å². The quantitative estimate of drug-likeness (QED) is 0.435. The van der Waals surface area contributed by atoms with Crippen LogP contribution in [0.1, 0.15) is 31.2 Å². The number of benzene rings is 1. The van der Waals surface area contributed by atoms with E-state index in [1.165, 1.54) is 18.4 Å².